The van der Waals surface area contributed by atoms with Crippen LogP contribution in [0.15, 0.2) is 41.1 Å². The molecule has 0 spiro atoms. The highest BCUT2D eigenvalue weighted by Gasteiger charge is 2.02. The van der Waals surface area contributed by atoms with E-state index in [1.807, 2.05) is 12.1 Å². The highest BCUT2D eigenvalue weighted by atomic mass is 79.9. The van der Waals surface area contributed by atoms with Gasteiger partial charge in [0.1, 0.15) is 0 Å². The normalized spacial score (nSPS) is 10.5. The van der Waals surface area contributed by atoms with Crippen LogP contribution in [0.5, 0.6) is 0 Å². The predicted octanol–water partition coefficient (Wildman–Crippen LogP) is 3.86. The van der Waals surface area contributed by atoms with E-state index in [2.05, 4.69) is 58.9 Å². The van der Waals surface area contributed by atoms with Crippen molar-refractivity contribution in [2.24, 2.45) is 0 Å². The number of aryl methyl sites for hydroxylation is 2. The molecule has 2 aromatic rings. The van der Waals surface area contributed by atoms with Crippen LogP contribution in [-0.2, 0) is 0 Å². The van der Waals surface area contributed by atoms with Gasteiger partial charge < -0.3 is 4.57 Å². The van der Waals surface area contributed by atoms with Gasteiger partial charge in [-0.1, -0.05) is 15.9 Å². The molecule has 0 saturated carbocycles. The molecule has 0 atom stereocenters. The molecule has 1 nitrogen and oxygen atoms in total. The molecule has 0 aliphatic heterocycles. The Morgan fingerprint density at radius 3 is 2.00 bits per heavy atom. The molecule has 0 bridgehead atoms. The Labute approximate surface area is 92.5 Å². The molecule has 1 aromatic heterocycles. The second kappa shape index (κ2) is 3.62. The molecule has 0 amide bonds. The Bertz CT molecular complexity index is 420. The molecule has 72 valence electrons. The summed E-state index contributed by atoms with van der Waals surface area (Å²) < 4.78 is 3.32. The summed E-state index contributed by atoms with van der Waals surface area (Å²) in [5, 5.41) is 0. The van der Waals surface area contributed by atoms with Crippen molar-refractivity contribution >= 4 is 15.9 Å². The Hall–Kier alpha value is -1.02. The van der Waals surface area contributed by atoms with Gasteiger partial charge in [-0.3, -0.25) is 0 Å². The van der Waals surface area contributed by atoms with Crippen LogP contribution in [0.1, 0.15) is 11.1 Å². The summed E-state index contributed by atoms with van der Waals surface area (Å²) >= 11 is 3.57. The van der Waals surface area contributed by atoms with Crippen LogP contribution in [0, 0.1) is 13.8 Å². The van der Waals surface area contributed by atoms with E-state index < -0.39 is 0 Å². The van der Waals surface area contributed by atoms with E-state index in [0.29, 0.717) is 0 Å². The molecular weight excluding hydrogens is 238 g/mol. The van der Waals surface area contributed by atoms with Gasteiger partial charge in [-0.2, -0.15) is 0 Å². The third-order valence-corrected chi connectivity index (χ3v) is 3.57. The summed E-state index contributed by atoms with van der Waals surface area (Å²) in [6.45, 7) is 4.23. The summed E-state index contributed by atoms with van der Waals surface area (Å²) in [5.74, 6) is 0. The number of hydrogen-bond donors (Lipinski definition) is 0. The van der Waals surface area contributed by atoms with Crippen molar-refractivity contribution in [3.05, 3.63) is 52.3 Å². The van der Waals surface area contributed by atoms with Crippen LogP contribution in [0.4, 0.5) is 0 Å². The van der Waals surface area contributed by atoms with Crippen molar-refractivity contribution in [2.45, 2.75) is 13.8 Å². The lowest BCUT2D eigenvalue weighted by atomic mass is 10.1. The second-order valence-electron chi connectivity index (χ2n) is 3.48. The summed E-state index contributed by atoms with van der Waals surface area (Å²) in [5.41, 5.74) is 3.76. The minimum Gasteiger partial charge on any atom is -0.324 e. The maximum atomic E-state index is 3.57. The third kappa shape index (κ3) is 1.62. The monoisotopic (exact) mass is 249 g/mol. The molecule has 0 aliphatic rings. The molecular formula is C12H12BrN. The number of hydrogen-bond acceptors (Lipinski definition) is 0. The van der Waals surface area contributed by atoms with Gasteiger partial charge >= 0.3 is 0 Å². The van der Waals surface area contributed by atoms with Crippen molar-refractivity contribution in [3.8, 4) is 5.69 Å². The zero-order chi connectivity index (χ0) is 10.1. The van der Waals surface area contributed by atoms with Crippen molar-refractivity contribution in [2.75, 3.05) is 0 Å². The molecule has 0 N–H and O–H groups in total. The maximum absolute atomic E-state index is 3.57. The number of benzene rings is 1. The largest absolute Gasteiger partial charge is 0.324 e. The van der Waals surface area contributed by atoms with Gasteiger partial charge in [0, 0.05) is 22.6 Å². The standard InChI is InChI=1S/C12H12BrN/c1-9-7-11(8-10(2)12(9)13)14-5-3-4-6-14/h3-8H,1-2H3. The minimum atomic E-state index is 1.20. The smallest absolute Gasteiger partial charge is 0.0455 e. The number of rotatable bonds is 1. The first kappa shape index (κ1) is 9.53. The molecule has 0 saturated heterocycles. The number of nitrogens with zero attached hydrogens (tertiary/aromatic N) is 1. The Morgan fingerprint density at radius 1 is 1.00 bits per heavy atom. The average Bonchev–Trinajstić information content (AvgIpc) is 2.66. The topological polar surface area (TPSA) is 4.93 Å². The van der Waals surface area contributed by atoms with Crippen LogP contribution in [0.3, 0.4) is 0 Å². The summed E-state index contributed by atoms with van der Waals surface area (Å²) in [6, 6.07) is 8.42. The molecule has 0 radical (unpaired) electrons. The third-order valence-electron chi connectivity index (χ3n) is 2.32. The van der Waals surface area contributed by atoms with Crippen molar-refractivity contribution in [1.29, 1.82) is 0 Å². The molecule has 2 rings (SSSR count). The molecule has 0 unspecified atom stereocenters. The Balaban J connectivity index is 2.57. The lowest BCUT2D eigenvalue weighted by molar-refractivity contribution is 1.07. The van der Waals surface area contributed by atoms with E-state index in [1.165, 1.54) is 21.3 Å². The van der Waals surface area contributed by atoms with E-state index in [-0.39, 0.29) is 0 Å². The molecule has 0 aliphatic carbocycles. The quantitative estimate of drug-likeness (QED) is 0.724. The van der Waals surface area contributed by atoms with Crippen LogP contribution >= 0.6 is 15.9 Å². The average molecular weight is 250 g/mol. The Morgan fingerprint density at radius 2 is 1.50 bits per heavy atom. The van der Waals surface area contributed by atoms with Gasteiger partial charge in [-0.05, 0) is 49.2 Å². The molecule has 1 heterocycles. The van der Waals surface area contributed by atoms with E-state index in [0.717, 1.165) is 0 Å². The number of aromatic nitrogens is 1. The first-order valence-corrected chi connectivity index (χ1v) is 5.38. The van der Waals surface area contributed by atoms with E-state index in [1.54, 1.807) is 0 Å². The maximum Gasteiger partial charge on any atom is 0.0455 e. The molecule has 14 heavy (non-hydrogen) atoms. The SMILES string of the molecule is Cc1cc(-n2cccc2)cc(C)c1Br. The fourth-order valence-electron chi connectivity index (χ4n) is 1.58. The van der Waals surface area contributed by atoms with E-state index >= 15 is 0 Å². The van der Waals surface area contributed by atoms with Gasteiger partial charge in [-0.25, -0.2) is 0 Å². The lowest BCUT2D eigenvalue weighted by Gasteiger charge is -2.08. The predicted molar refractivity (Wildman–Crippen MR) is 62.9 cm³/mol. The molecule has 2 heteroatoms. The van der Waals surface area contributed by atoms with Gasteiger partial charge in [0.15, 0.2) is 0 Å². The van der Waals surface area contributed by atoms with Gasteiger partial charge in [0.25, 0.3) is 0 Å². The van der Waals surface area contributed by atoms with E-state index in [4.69, 9.17) is 0 Å². The summed E-state index contributed by atoms with van der Waals surface area (Å²) in [4.78, 5) is 0. The van der Waals surface area contributed by atoms with Crippen LogP contribution < -0.4 is 0 Å². The lowest BCUT2D eigenvalue weighted by Crippen LogP contribution is -1.92. The zero-order valence-corrected chi connectivity index (χ0v) is 9.88. The summed E-state index contributed by atoms with van der Waals surface area (Å²) in [6.07, 6.45) is 4.12. The van der Waals surface area contributed by atoms with Gasteiger partial charge in [0.2, 0.25) is 0 Å². The van der Waals surface area contributed by atoms with Crippen LogP contribution in [-0.4, -0.2) is 4.57 Å². The minimum absolute atomic E-state index is 1.20. The fourth-order valence-corrected chi connectivity index (χ4v) is 1.81. The van der Waals surface area contributed by atoms with Gasteiger partial charge in [0.05, 0.1) is 0 Å². The van der Waals surface area contributed by atoms with Crippen molar-refractivity contribution in [3.63, 3.8) is 0 Å². The zero-order valence-electron chi connectivity index (χ0n) is 8.29. The second-order valence-corrected chi connectivity index (χ2v) is 4.28. The fraction of sp³-hybridized carbons (Fsp3) is 0.167. The van der Waals surface area contributed by atoms with Gasteiger partial charge in [-0.15, -0.1) is 0 Å². The summed E-state index contributed by atoms with van der Waals surface area (Å²) in [7, 11) is 0. The van der Waals surface area contributed by atoms with E-state index in [9.17, 15) is 0 Å². The first-order chi connectivity index (χ1) is 6.68. The Kier molecular flexibility index (Phi) is 2.46. The highest BCUT2D eigenvalue weighted by Crippen LogP contribution is 2.24. The van der Waals surface area contributed by atoms with Crippen LogP contribution in [0.25, 0.3) is 5.69 Å². The van der Waals surface area contributed by atoms with Crippen molar-refractivity contribution in [1.82, 2.24) is 4.57 Å². The van der Waals surface area contributed by atoms with Crippen molar-refractivity contribution < 1.29 is 0 Å². The number of halogens is 1. The highest BCUT2D eigenvalue weighted by molar-refractivity contribution is 9.10. The van der Waals surface area contributed by atoms with Crippen LogP contribution in [0.2, 0.25) is 0 Å². The molecule has 1 aromatic carbocycles. The molecule has 0 fully saturated rings. The first-order valence-electron chi connectivity index (χ1n) is 4.58.